The highest BCUT2D eigenvalue weighted by atomic mass is 16.6. The molecule has 3 nitrogen and oxygen atoms in total. The van der Waals surface area contributed by atoms with Crippen LogP contribution >= 0.6 is 0 Å². The molecule has 3 heteroatoms. The molecule has 0 spiro atoms. The first-order valence-corrected chi connectivity index (χ1v) is 7.15. The topological polar surface area (TPSA) is 43.1 Å². The van der Waals surface area contributed by atoms with E-state index in [2.05, 4.69) is 11.8 Å². The minimum atomic E-state index is -0.398. The first kappa shape index (κ1) is 14.6. The summed E-state index contributed by atoms with van der Waals surface area (Å²) < 4.78 is 0. The van der Waals surface area contributed by atoms with Crippen LogP contribution in [0.15, 0.2) is 78.9 Å². The molecule has 0 saturated carbocycles. The summed E-state index contributed by atoms with van der Waals surface area (Å²) in [5.74, 6) is 6.32. The number of non-ortho nitro benzene ring substituents is 1. The van der Waals surface area contributed by atoms with E-state index < -0.39 is 4.92 Å². The Morgan fingerprint density at radius 2 is 1.39 bits per heavy atom. The number of benzene rings is 3. The Kier molecular flexibility index (Phi) is 4.17. The third-order valence-corrected chi connectivity index (χ3v) is 3.43. The van der Waals surface area contributed by atoms with E-state index in [1.54, 1.807) is 12.1 Å². The SMILES string of the molecule is O=[N+]([O-])c1ccc(-c2ccccc2C#Cc2ccccc2)cc1. The van der Waals surface area contributed by atoms with Crippen LogP contribution in [0.5, 0.6) is 0 Å². The third kappa shape index (κ3) is 3.45. The second-order valence-corrected chi connectivity index (χ2v) is 4.97. The van der Waals surface area contributed by atoms with Crippen LogP contribution in [0.4, 0.5) is 5.69 Å². The van der Waals surface area contributed by atoms with Crippen molar-refractivity contribution in [2.45, 2.75) is 0 Å². The van der Waals surface area contributed by atoms with Crippen LogP contribution in [0.2, 0.25) is 0 Å². The summed E-state index contributed by atoms with van der Waals surface area (Å²) in [6, 6.07) is 24.1. The highest BCUT2D eigenvalue weighted by Crippen LogP contribution is 2.25. The van der Waals surface area contributed by atoms with E-state index >= 15 is 0 Å². The monoisotopic (exact) mass is 299 g/mol. The summed E-state index contributed by atoms with van der Waals surface area (Å²) >= 11 is 0. The van der Waals surface area contributed by atoms with Crippen molar-refractivity contribution in [3.05, 3.63) is 100 Å². The molecule has 0 aliphatic rings. The van der Waals surface area contributed by atoms with E-state index in [-0.39, 0.29) is 5.69 Å². The average Bonchev–Trinajstić information content (AvgIpc) is 2.61. The molecular formula is C20H13NO2. The van der Waals surface area contributed by atoms with Crippen molar-refractivity contribution in [2.24, 2.45) is 0 Å². The van der Waals surface area contributed by atoms with Crippen LogP contribution in [0, 0.1) is 22.0 Å². The van der Waals surface area contributed by atoms with Gasteiger partial charge in [-0.25, -0.2) is 0 Å². The lowest BCUT2D eigenvalue weighted by Crippen LogP contribution is -1.88. The lowest BCUT2D eigenvalue weighted by atomic mass is 9.99. The van der Waals surface area contributed by atoms with Crippen LogP contribution < -0.4 is 0 Å². The van der Waals surface area contributed by atoms with Crippen molar-refractivity contribution >= 4 is 5.69 Å². The van der Waals surface area contributed by atoms with Crippen molar-refractivity contribution in [1.29, 1.82) is 0 Å². The maximum Gasteiger partial charge on any atom is 0.269 e. The molecule has 0 aromatic heterocycles. The molecule has 3 aromatic carbocycles. The van der Waals surface area contributed by atoms with Crippen LogP contribution in [-0.2, 0) is 0 Å². The molecule has 3 rings (SSSR count). The lowest BCUT2D eigenvalue weighted by Gasteiger charge is -2.04. The largest absolute Gasteiger partial charge is 0.269 e. The number of nitro benzene ring substituents is 1. The number of rotatable bonds is 2. The van der Waals surface area contributed by atoms with Gasteiger partial charge in [0.05, 0.1) is 4.92 Å². The molecule has 0 aliphatic carbocycles. The zero-order chi connectivity index (χ0) is 16.1. The van der Waals surface area contributed by atoms with Gasteiger partial charge in [-0.1, -0.05) is 48.2 Å². The van der Waals surface area contributed by atoms with E-state index in [4.69, 9.17) is 0 Å². The summed E-state index contributed by atoms with van der Waals surface area (Å²) in [5.41, 5.74) is 3.80. The summed E-state index contributed by atoms with van der Waals surface area (Å²) in [6.07, 6.45) is 0. The van der Waals surface area contributed by atoms with Crippen LogP contribution in [-0.4, -0.2) is 4.92 Å². The maximum absolute atomic E-state index is 10.8. The first-order chi connectivity index (χ1) is 11.2. The highest BCUT2D eigenvalue weighted by Gasteiger charge is 2.07. The van der Waals surface area contributed by atoms with Gasteiger partial charge >= 0.3 is 0 Å². The predicted octanol–water partition coefficient (Wildman–Crippen LogP) is 4.66. The molecule has 0 saturated heterocycles. The lowest BCUT2D eigenvalue weighted by molar-refractivity contribution is -0.384. The van der Waals surface area contributed by atoms with Gasteiger partial charge in [-0.15, -0.1) is 0 Å². The van der Waals surface area contributed by atoms with E-state index in [9.17, 15) is 10.1 Å². The molecule has 0 unspecified atom stereocenters. The number of hydrogen-bond acceptors (Lipinski definition) is 2. The fourth-order valence-corrected chi connectivity index (χ4v) is 2.27. The smallest absolute Gasteiger partial charge is 0.258 e. The minimum absolute atomic E-state index is 0.0848. The number of nitrogens with zero attached hydrogens (tertiary/aromatic N) is 1. The Hall–Kier alpha value is -3.38. The van der Waals surface area contributed by atoms with Crippen LogP contribution in [0.1, 0.15) is 11.1 Å². The van der Waals surface area contributed by atoms with E-state index in [1.807, 2.05) is 54.6 Å². The van der Waals surface area contributed by atoms with Gasteiger partial charge in [-0.2, -0.15) is 0 Å². The van der Waals surface area contributed by atoms with Crippen molar-refractivity contribution in [1.82, 2.24) is 0 Å². The Labute approximate surface area is 134 Å². The van der Waals surface area contributed by atoms with Crippen LogP contribution in [0.3, 0.4) is 0 Å². The number of nitro groups is 1. The summed E-state index contributed by atoms with van der Waals surface area (Å²) in [7, 11) is 0. The first-order valence-electron chi connectivity index (χ1n) is 7.15. The van der Waals surface area contributed by atoms with Gasteiger partial charge < -0.3 is 0 Å². The molecule has 0 N–H and O–H groups in total. The van der Waals surface area contributed by atoms with Gasteiger partial charge in [0.15, 0.2) is 0 Å². The Balaban J connectivity index is 1.98. The molecule has 110 valence electrons. The van der Waals surface area contributed by atoms with Gasteiger partial charge in [0.25, 0.3) is 5.69 Å². The van der Waals surface area contributed by atoms with E-state index in [0.717, 1.165) is 22.3 Å². The fourth-order valence-electron chi connectivity index (χ4n) is 2.27. The Morgan fingerprint density at radius 3 is 2.09 bits per heavy atom. The zero-order valence-corrected chi connectivity index (χ0v) is 12.3. The molecule has 3 aromatic rings. The van der Waals surface area contributed by atoms with Gasteiger partial charge in [-0.05, 0) is 41.5 Å². The molecule has 0 amide bonds. The molecule has 0 atom stereocenters. The van der Waals surface area contributed by atoms with Gasteiger partial charge in [0.1, 0.15) is 0 Å². The van der Waals surface area contributed by atoms with Crippen molar-refractivity contribution < 1.29 is 4.92 Å². The van der Waals surface area contributed by atoms with Gasteiger partial charge in [0.2, 0.25) is 0 Å². The molecule has 0 heterocycles. The van der Waals surface area contributed by atoms with Gasteiger partial charge in [-0.3, -0.25) is 10.1 Å². The van der Waals surface area contributed by atoms with Crippen LogP contribution in [0.25, 0.3) is 11.1 Å². The van der Waals surface area contributed by atoms with Crippen molar-refractivity contribution in [3.8, 4) is 23.0 Å². The summed E-state index contributed by atoms with van der Waals surface area (Å²) in [4.78, 5) is 10.4. The Bertz CT molecular complexity index is 888. The standard InChI is InChI=1S/C20H13NO2/c22-21(23)19-14-12-18(13-15-19)20-9-5-4-8-17(20)11-10-16-6-2-1-3-7-16/h1-9,12-15H. The highest BCUT2D eigenvalue weighted by molar-refractivity contribution is 5.72. The van der Waals surface area contributed by atoms with Crippen molar-refractivity contribution in [2.75, 3.05) is 0 Å². The number of hydrogen-bond donors (Lipinski definition) is 0. The average molecular weight is 299 g/mol. The van der Waals surface area contributed by atoms with E-state index in [1.165, 1.54) is 12.1 Å². The van der Waals surface area contributed by atoms with Crippen molar-refractivity contribution in [3.63, 3.8) is 0 Å². The second-order valence-electron chi connectivity index (χ2n) is 4.97. The van der Waals surface area contributed by atoms with E-state index in [0.29, 0.717) is 0 Å². The quantitative estimate of drug-likeness (QED) is 0.392. The summed E-state index contributed by atoms with van der Waals surface area (Å²) in [5, 5.41) is 10.8. The second kappa shape index (κ2) is 6.59. The predicted molar refractivity (Wildman–Crippen MR) is 91.0 cm³/mol. The minimum Gasteiger partial charge on any atom is -0.258 e. The molecular weight excluding hydrogens is 286 g/mol. The molecule has 0 radical (unpaired) electrons. The molecule has 0 aliphatic heterocycles. The summed E-state index contributed by atoms with van der Waals surface area (Å²) in [6.45, 7) is 0. The fraction of sp³-hybridized carbons (Fsp3) is 0. The Morgan fingerprint density at radius 1 is 0.739 bits per heavy atom. The van der Waals surface area contributed by atoms with Gasteiger partial charge in [0, 0.05) is 23.3 Å². The maximum atomic E-state index is 10.8. The molecule has 23 heavy (non-hydrogen) atoms. The molecule has 0 fully saturated rings. The third-order valence-electron chi connectivity index (χ3n) is 3.43. The zero-order valence-electron chi connectivity index (χ0n) is 12.3. The molecule has 0 bridgehead atoms. The normalized spacial score (nSPS) is 9.74.